The normalized spacial score (nSPS) is 13.1. The van der Waals surface area contributed by atoms with E-state index in [4.69, 9.17) is 26.3 Å². The first-order chi connectivity index (χ1) is 13.2. The molecule has 3 aromatic carbocycles. The number of aliphatic imine (C=N–C) groups is 2. The van der Waals surface area contributed by atoms with Crippen LogP contribution in [0.1, 0.15) is 11.1 Å². The number of benzene rings is 3. The number of para-hydroxylation sites is 2. The molecule has 1 aliphatic rings. The van der Waals surface area contributed by atoms with E-state index in [2.05, 4.69) is 5.32 Å². The van der Waals surface area contributed by atoms with Crippen molar-refractivity contribution in [3.63, 3.8) is 0 Å². The second kappa shape index (κ2) is 7.64. The van der Waals surface area contributed by atoms with Crippen LogP contribution >= 0.6 is 11.6 Å². The highest BCUT2D eigenvalue weighted by Gasteiger charge is 2.17. The van der Waals surface area contributed by atoms with E-state index in [-0.39, 0.29) is 0 Å². The molecule has 0 aliphatic carbocycles. The predicted octanol–water partition coefficient (Wildman–Crippen LogP) is 5.34. The van der Waals surface area contributed by atoms with Crippen LogP contribution in [0.15, 0.2) is 82.8 Å². The third kappa shape index (κ3) is 3.71. The molecule has 5 heteroatoms. The summed E-state index contributed by atoms with van der Waals surface area (Å²) in [6.07, 6.45) is 0. The summed E-state index contributed by atoms with van der Waals surface area (Å²) in [5.74, 6) is 1.50. The van der Waals surface area contributed by atoms with Crippen LogP contribution in [0.5, 0.6) is 5.75 Å². The second-order valence-corrected chi connectivity index (χ2v) is 6.51. The number of hydrogen-bond donors (Lipinski definition) is 1. The van der Waals surface area contributed by atoms with Crippen molar-refractivity contribution in [3.05, 3.63) is 88.9 Å². The molecule has 0 atom stereocenters. The fourth-order valence-electron chi connectivity index (χ4n) is 3.03. The molecule has 0 fully saturated rings. The minimum absolute atomic E-state index is 0.425. The Morgan fingerprint density at radius 1 is 0.963 bits per heavy atom. The molecule has 4 nitrogen and oxygen atoms in total. The fourth-order valence-corrected chi connectivity index (χ4v) is 3.20. The molecule has 0 bridgehead atoms. The van der Waals surface area contributed by atoms with Crippen LogP contribution in [0.4, 0.5) is 11.4 Å². The number of methoxy groups -OCH3 is 1. The first kappa shape index (κ1) is 17.3. The maximum absolute atomic E-state index is 6.25. The van der Waals surface area contributed by atoms with E-state index in [1.165, 1.54) is 0 Å². The SMILES string of the molecule is COc1ccccc1NC1=Nc2ccc(Cl)cc2C(c2ccccc2)=NC1. The number of rotatable bonds is 3. The highest BCUT2D eigenvalue weighted by atomic mass is 35.5. The first-order valence-electron chi connectivity index (χ1n) is 8.62. The zero-order valence-corrected chi connectivity index (χ0v) is 15.6. The van der Waals surface area contributed by atoms with Crippen LogP contribution in [0.2, 0.25) is 5.02 Å². The van der Waals surface area contributed by atoms with Crippen LogP contribution in [-0.4, -0.2) is 25.2 Å². The van der Waals surface area contributed by atoms with Gasteiger partial charge in [-0.05, 0) is 30.3 Å². The zero-order valence-electron chi connectivity index (χ0n) is 14.8. The van der Waals surface area contributed by atoms with Crippen molar-refractivity contribution < 1.29 is 4.74 Å². The van der Waals surface area contributed by atoms with E-state index in [1.807, 2.05) is 72.8 Å². The molecule has 0 unspecified atom stereocenters. The van der Waals surface area contributed by atoms with Gasteiger partial charge in [-0.15, -0.1) is 0 Å². The Hall–Kier alpha value is -3.11. The summed E-state index contributed by atoms with van der Waals surface area (Å²) < 4.78 is 5.42. The molecule has 0 saturated carbocycles. The van der Waals surface area contributed by atoms with Gasteiger partial charge >= 0.3 is 0 Å². The van der Waals surface area contributed by atoms with Gasteiger partial charge < -0.3 is 10.1 Å². The summed E-state index contributed by atoms with van der Waals surface area (Å²) in [6, 6.07) is 23.5. The lowest BCUT2D eigenvalue weighted by Gasteiger charge is -2.11. The highest BCUT2D eigenvalue weighted by molar-refractivity contribution is 6.31. The van der Waals surface area contributed by atoms with Crippen LogP contribution in [0.3, 0.4) is 0 Å². The Bertz CT molecular complexity index is 1030. The van der Waals surface area contributed by atoms with Crippen LogP contribution in [-0.2, 0) is 0 Å². The summed E-state index contributed by atoms with van der Waals surface area (Å²) in [7, 11) is 1.65. The molecule has 1 N–H and O–H groups in total. The van der Waals surface area contributed by atoms with Crippen molar-refractivity contribution in [2.45, 2.75) is 0 Å². The van der Waals surface area contributed by atoms with Gasteiger partial charge in [0.2, 0.25) is 0 Å². The summed E-state index contributed by atoms with van der Waals surface area (Å²) in [5.41, 5.74) is 4.53. The van der Waals surface area contributed by atoms with Gasteiger partial charge in [-0.1, -0.05) is 54.1 Å². The standard InChI is InChI=1S/C22H18ClN3O/c1-27-20-10-6-5-9-19(20)26-21-14-24-22(15-7-3-2-4-8-15)17-13-16(23)11-12-18(17)25-21/h2-13H,14H2,1H3,(H,25,26). The average molecular weight is 376 g/mol. The second-order valence-electron chi connectivity index (χ2n) is 6.08. The average Bonchev–Trinajstić information content (AvgIpc) is 2.88. The van der Waals surface area contributed by atoms with Crippen molar-refractivity contribution in [1.29, 1.82) is 0 Å². The first-order valence-corrected chi connectivity index (χ1v) is 9.00. The quantitative estimate of drug-likeness (QED) is 0.671. The number of amidine groups is 1. The van der Waals surface area contributed by atoms with E-state index in [1.54, 1.807) is 7.11 Å². The molecule has 1 aliphatic heterocycles. The van der Waals surface area contributed by atoms with Crippen LogP contribution < -0.4 is 10.1 Å². The molecular weight excluding hydrogens is 358 g/mol. The maximum Gasteiger partial charge on any atom is 0.142 e. The lowest BCUT2D eigenvalue weighted by atomic mass is 10.0. The minimum atomic E-state index is 0.425. The molecule has 0 amide bonds. The summed E-state index contributed by atoms with van der Waals surface area (Å²) >= 11 is 6.25. The molecule has 4 rings (SSSR count). The lowest BCUT2D eigenvalue weighted by molar-refractivity contribution is 0.417. The smallest absolute Gasteiger partial charge is 0.142 e. The zero-order chi connectivity index (χ0) is 18.6. The highest BCUT2D eigenvalue weighted by Crippen LogP contribution is 2.29. The summed E-state index contributed by atoms with van der Waals surface area (Å²) in [4.78, 5) is 9.64. The molecule has 3 aromatic rings. The van der Waals surface area contributed by atoms with Crippen molar-refractivity contribution in [1.82, 2.24) is 0 Å². The van der Waals surface area contributed by atoms with E-state index >= 15 is 0 Å². The monoisotopic (exact) mass is 375 g/mol. The number of hydrogen-bond acceptors (Lipinski definition) is 4. The van der Waals surface area contributed by atoms with Crippen LogP contribution in [0, 0.1) is 0 Å². The van der Waals surface area contributed by atoms with Gasteiger partial charge in [-0.2, -0.15) is 0 Å². The number of nitrogens with one attached hydrogen (secondary N) is 1. The Morgan fingerprint density at radius 2 is 1.74 bits per heavy atom. The largest absolute Gasteiger partial charge is 0.495 e. The van der Waals surface area contributed by atoms with Crippen molar-refractivity contribution >= 4 is 34.5 Å². The summed E-state index contributed by atoms with van der Waals surface area (Å²) in [5, 5.41) is 4.01. The number of anilines is 1. The predicted molar refractivity (Wildman–Crippen MR) is 112 cm³/mol. The van der Waals surface area contributed by atoms with E-state index in [9.17, 15) is 0 Å². The Balaban J connectivity index is 1.77. The van der Waals surface area contributed by atoms with Crippen molar-refractivity contribution in [2.75, 3.05) is 19.0 Å². The Labute approximate surface area is 163 Å². The minimum Gasteiger partial charge on any atom is -0.495 e. The van der Waals surface area contributed by atoms with E-state index in [0.717, 1.165) is 39.8 Å². The van der Waals surface area contributed by atoms with Gasteiger partial charge in [0.05, 0.1) is 30.7 Å². The number of nitrogens with zero attached hydrogens (tertiary/aromatic N) is 2. The molecule has 0 saturated heterocycles. The van der Waals surface area contributed by atoms with Gasteiger partial charge in [0.15, 0.2) is 0 Å². The van der Waals surface area contributed by atoms with Gasteiger partial charge in [-0.3, -0.25) is 4.99 Å². The molecule has 0 aromatic heterocycles. The van der Waals surface area contributed by atoms with Crippen LogP contribution in [0.25, 0.3) is 0 Å². The van der Waals surface area contributed by atoms with Crippen molar-refractivity contribution in [3.8, 4) is 5.75 Å². The number of ether oxygens (including phenoxy) is 1. The molecule has 27 heavy (non-hydrogen) atoms. The van der Waals surface area contributed by atoms with Gasteiger partial charge in [0, 0.05) is 16.1 Å². The molecule has 0 radical (unpaired) electrons. The molecule has 0 spiro atoms. The molecule has 134 valence electrons. The molecule has 1 heterocycles. The maximum atomic E-state index is 6.25. The Morgan fingerprint density at radius 3 is 2.56 bits per heavy atom. The third-order valence-electron chi connectivity index (χ3n) is 4.29. The Kier molecular flexibility index (Phi) is 4.90. The number of halogens is 1. The topological polar surface area (TPSA) is 46.0 Å². The lowest BCUT2D eigenvalue weighted by Crippen LogP contribution is -2.16. The number of fused-ring (bicyclic) bond motifs is 1. The van der Waals surface area contributed by atoms with Gasteiger partial charge in [-0.25, -0.2) is 4.99 Å². The molecular formula is C22H18ClN3O. The van der Waals surface area contributed by atoms with E-state index < -0.39 is 0 Å². The third-order valence-corrected chi connectivity index (χ3v) is 4.52. The van der Waals surface area contributed by atoms with Gasteiger partial charge in [0.1, 0.15) is 11.6 Å². The van der Waals surface area contributed by atoms with Crippen molar-refractivity contribution in [2.24, 2.45) is 9.98 Å². The fraction of sp³-hybridized carbons (Fsp3) is 0.0909. The summed E-state index contributed by atoms with van der Waals surface area (Å²) in [6.45, 7) is 0.425. The van der Waals surface area contributed by atoms with E-state index in [0.29, 0.717) is 11.6 Å². The van der Waals surface area contributed by atoms with Gasteiger partial charge in [0.25, 0.3) is 0 Å².